The van der Waals surface area contributed by atoms with E-state index in [-0.39, 0.29) is 5.91 Å². The predicted molar refractivity (Wildman–Crippen MR) is 113 cm³/mol. The van der Waals surface area contributed by atoms with Gasteiger partial charge >= 0.3 is 5.69 Å². The second-order valence-electron chi connectivity index (χ2n) is 6.75. The number of nitrogens with zero attached hydrogens (tertiary/aromatic N) is 2. The van der Waals surface area contributed by atoms with Gasteiger partial charge in [0.15, 0.2) is 0 Å². The van der Waals surface area contributed by atoms with E-state index >= 15 is 0 Å². The highest BCUT2D eigenvalue weighted by Crippen LogP contribution is 2.19. The van der Waals surface area contributed by atoms with Gasteiger partial charge in [-0.1, -0.05) is 23.7 Å². The van der Waals surface area contributed by atoms with E-state index in [4.69, 9.17) is 16.3 Å². The number of methoxy groups -OCH3 is 1. The van der Waals surface area contributed by atoms with Crippen molar-refractivity contribution >= 4 is 28.4 Å². The number of nitrogens with one attached hydrogen (secondary N) is 1. The third-order valence-electron chi connectivity index (χ3n) is 4.68. The summed E-state index contributed by atoms with van der Waals surface area (Å²) in [6, 6.07) is 10.9. The van der Waals surface area contributed by atoms with Crippen molar-refractivity contribution in [2.24, 2.45) is 0 Å². The van der Waals surface area contributed by atoms with Crippen molar-refractivity contribution in [3.63, 3.8) is 0 Å². The van der Waals surface area contributed by atoms with Crippen LogP contribution in [0.5, 0.6) is 0 Å². The summed E-state index contributed by atoms with van der Waals surface area (Å²) in [5.41, 5.74) is 0.588. The fourth-order valence-corrected chi connectivity index (χ4v) is 3.38. The molecule has 3 aromatic rings. The number of fused-ring (bicyclic) bond motifs is 1. The summed E-state index contributed by atoms with van der Waals surface area (Å²) >= 11 is 6.12. The molecule has 0 bridgehead atoms. The van der Waals surface area contributed by atoms with Gasteiger partial charge in [0.25, 0.3) is 5.56 Å². The Kier molecular flexibility index (Phi) is 6.20. The van der Waals surface area contributed by atoms with Crippen LogP contribution in [0.4, 0.5) is 0 Å². The first kappa shape index (κ1) is 20.8. The molecule has 0 spiro atoms. The number of aromatic nitrogens is 2. The number of carbonyl (C=O) groups excluding carboxylic acids is 1. The maximum Gasteiger partial charge on any atom is 0.336 e. The molecule has 1 atom stereocenters. The van der Waals surface area contributed by atoms with Gasteiger partial charge < -0.3 is 10.1 Å². The minimum absolute atomic E-state index is 0.298. The molecule has 0 saturated heterocycles. The zero-order valence-electron chi connectivity index (χ0n) is 16.4. The van der Waals surface area contributed by atoms with Crippen molar-refractivity contribution in [1.82, 2.24) is 14.5 Å². The summed E-state index contributed by atoms with van der Waals surface area (Å²) in [4.78, 5) is 39.1. The standard InChI is InChI=1S/C21H22ClN3O4/c1-13-5-4-6-16(11-13)25-20(27)17-8-7-15(22)12-18(17)24(21(25)28)14(2)19(26)23-9-10-29-3/h4-8,11-12,14H,9-10H2,1-3H3,(H,23,26)/t14-/m0/s1. The topological polar surface area (TPSA) is 82.3 Å². The lowest BCUT2D eigenvalue weighted by Crippen LogP contribution is -2.44. The fourth-order valence-electron chi connectivity index (χ4n) is 3.21. The molecule has 29 heavy (non-hydrogen) atoms. The van der Waals surface area contributed by atoms with E-state index in [0.29, 0.717) is 34.8 Å². The molecule has 0 aliphatic carbocycles. The van der Waals surface area contributed by atoms with Crippen molar-refractivity contribution < 1.29 is 9.53 Å². The number of carbonyl (C=O) groups is 1. The number of rotatable bonds is 6. The summed E-state index contributed by atoms with van der Waals surface area (Å²) in [7, 11) is 1.54. The molecule has 7 nitrogen and oxygen atoms in total. The Hall–Kier alpha value is -2.90. The van der Waals surface area contributed by atoms with Crippen LogP contribution in [0, 0.1) is 6.92 Å². The molecule has 1 N–H and O–H groups in total. The van der Waals surface area contributed by atoms with Crippen molar-refractivity contribution in [1.29, 1.82) is 0 Å². The van der Waals surface area contributed by atoms with Gasteiger partial charge in [-0.05, 0) is 49.7 Å². The Bertz CT molecular complexity index is 1180. The first-order chi connectivity index (χ1) is 13.8. The number of ether oxygens (including phenoxy) is 1. The van der Waals surface area contributed by atoms with Gasteiger partial charge in [0.05, 0.1) is 23.2 Å². The molecule has 1 aromatic heterocycles. The van der Waals surface area contributed by atoms with Gasteiger partial charge in [0.1, 0.15) is 6.04 Å². The Balaban J connectivity index is 2.28. The van der Waals surface area contributed by atoms with E-state index < -0.39 is 17.3 Å². The molecule has 0 saturated carbocycles. The monoisotopic (exact) mass is 415 g/mol. The molecule has 3 rings (SSSR count). The molecule has 152 valence electrons. The molecule has 1 amide bonds. The highest BCUT2D eigenvalue weighted by atomic mass is 35.5. The molecule has 0 fully saturated rings. The van der Waals surface area contributed by atoms with Crippen LogP contribution in [0.3, 0.4) is 0 Å². The van der Waals surface area contributed by atoms with Crippen LogP contribution < -0.4 is 16.6 Å². The zero-order chi connectivity index (χ0) is 21.1. The minimum Gasteiger partial charge on any atom is -0.383 e. The van der Waals surface area contributed by atoms with E-state index in [2.05, 4.69) is 5.32 Å². The highest BCUT2D eigenvalue weighted by Gasteiger charge is 2.22. The average Bonchev–Trinajstić information content (AvgIpc) is 2.68. The Morgan fingerprint density at radius 3 is 2.66 bits per heavy atom. The maximum atomic E-state index is 13.4. The number of hydrogen-bond donors (Lipinski definition) is 1. The lowest BCUT2D eigenvalue weighted by atomic mass is 10.2. The molecule has 2 aromatic carbocycles. The van der Waals surface area contributed by atoms with Crippen molar-refractivity contribution in [2.45, 2.75) is 19.9 Å². The molecule has 0 aliphatic rings. The summed E-state index contributed by atoms with van der Waals surface area (Å²) < 4.78 is 7.33. The second kappa shape index (κ2) is 8.63. The third-order valence-corrected chi connectivity index (χ3v) is 4.92. The van der Waals surface area contributed by atoms with Crippen molar-refractivity contribution in [3.05, 3.63) is 73.9 Å². The van der Waals surface area contributed by atoms with Crippen LogP contribution in [-0.4, -0.2) is 35.3 Å². The van der Waals surface area contributed by atoms with Crippen LogP contribution in [0.25, 0.3) is 16.6 Å². The third kappa shape index (κ3) is 4.11. The van der Waals surface area contributed by atoms with Crippen LogP contribution in [0.15, 0.2) is 52.1 Å². The Labute approximate surface area is 172 Å². The first-order valence-corrected chi connectivity index (χ1v) is 9.53. The summed E-state index contributed by atoms with van der Waals surface area (Å²) in [5, 5.41) is 3.39. The summed E-state index contributed by atoms with van der Waals surface area (Å²) in [5.74, 6) is -0.361. The lowest BCUT2D eigenvalue weighted by Gasteiger charge is -2.20. The quantitative estimate of drug-likeness (QED) is 0.627. The zero-order valence-corrected chi connectivity index (χ0v) is 17.2. The molecular weight excluding hydrogens is 394 g/mol. The largest absolute Gasteiger partial charge is 0.383 e. The van der Waals surface area contributed by atoms with E-state index in [9.17, 15) is 14.4 Å². The number of benzene rings is 2. The normalized spacial score (nSPS) is 12.1. The van der Waals surface area contributed by atoms with Gasteiger partial charge in [0.2, 0.25) is 5.91 Å². The van der Waals surface area contributed by atoms with Crippen LogP contribution >= 0.6 is 11.6 Å². The number of hydrogen-bond acceptors (Lipinski definition) is 4. The lowest BCUT2D eigenvalue weighted by molar-refractivity contribution is -0.124. The summed E-state index contributed by atoms with van der Waals surface area (Å²) in [6.45, 7) is 4.14. The smallest absolute Gasteiger partial charge is 0.336 e. The number of amides is 1. The molecule has 1 heterocycles. The van der Waals surface area contributed by atoms with Gasteiger partial charge in [-0.15, -0.1) is 0 Å². The Morgan fingerprint density at radius 2 is 1.97 bits per heavy atom. The van der Waals surface area contributed by atoms with Crippen molar-refractivity contribution in [3.8, 4) is 5.69 Å². The predicted octanol–water partition coefficient (Wildman–Crippen LogP) is 2.44. The fraction of sp³-hybridized carbons (Fsp3) is 0.286. The van der Waals surface area contributed by atoms with Gasteiger partial charge in [-0.25, -0.2) is 9.36 Å². The SMILES string of the molecule is COCCNC(=O)[C@H](C)n1c(=O)n(-c2cccc(C)c2)c(=O)c2ccc(Cl)cc21. The molecular formula is C21H22ClN3O4. The highest BCUT2D eigenvalue weighted by molar-refractivity contribution is 6.31. The Morgan fingerprint density at radius 1 is 1.21 bits per heavy atom. The first-order valence-electron chi connectivity index (χ1n) is 9.15. The minimum atomic E-state index is -0.864. The average molecular weight is 416 g/mol. The van der Waals surface area contributed by atoms with E-state index in [0.717, 1.165) is 10.1 Å². The van der Waals surface area contributed by atoms with Gasteiger partial charge in [-0.3, -0.25) is 14.2 Å². The number of aryl methyl sites for hydroxylation is 1. The second-order valence-corrected chi connectivity index (χ2v) is 7.19. The van der Waals surface area contributed by atoms with Crippen LogP contribution in [0.1, 0.15) is 18.5 Å². The van der Waals surface area contributed by atoms with E-state index in [1.54, 1.807) is 37.3 Å². The number of halogens is 1. The molecule has 0 unspecified atom stereocenters. The van der Waals surface area contributed by atoms with Gasteiger partial charge in [0, 0.05) is 18.7 Å². The van der Waals surface area contributed by atoms with Gasteiger partial charge in [-0.2, -0.15) is 0 Å². The maximum absolute atomic E-state index is 13.4. The molecule has 0 radical (unpaired) electrons. The molecule has 0 aliphatic heterocycles. The van der Waals surface area contributed by atoms with Crippen molar-refractivity contribution in [2.75, 3.05) is 20.3 Å². The summed E-state index contributed by atoms with van der Waals surface area (Å²) in [6.07, 6.45) is 0. The van der Waals surface area contributed by atoms with E-state index in [1.807, 2.05) is 13.0 Å². The van der Waals surface area contributed by atoms with Crippen LogP contribution in [0.2, 0.25) is 5.02 Å². The van der Waals surface area contributed by atoms with E-state index in [1.165, 1.54) is 17.7 Å². The molecule has 8 heteroatoms. The van der Waals surface area contributed by atoms with Crippen LogP contribution in [-0.2, 0) is 9.53 Å².